The zero-order chi connectivity index (χ0) is 15.2. The van der Waals surface area contributed by atoms with Crippen molar-refractivity contribution >= 4 is 22.6 Å². The molecule has 0 atom stereocenters. The number of imidazole rings is 1. The molecule has 116 valence electrons. The molecule has 1 aromatic carbocycles. The van der Waals surface area contributed by atoms with E-state index in [4.69, 9.17) is 22.3 Å². The minimum atomic E-state index is 0.618. The lowest BCUT2D eigenvalue weighted by atomic mass is 10.3. The Labute approximate surface area is 131 Å². The van der Waals surface area contributed by atoms with Crippen LogP contribution in [0.4, 0.5) is 0 Å². The number of nitrogens with two attached hydrogens (primary N) is 1. The Balaban J connectivity index is 2.19. The molecule has 0 saturated heterocycles. The maximum Gasteiger partial charge on any atom is 0.111 e. The highest BCUT2D eigenvalue weighted by molar-refractivity contribution is 6.31. The largest absolute Gasteiger partial charge is 0.330 e. The van der Waals surface area contributed by atoms with E-state index >= 15 is 0 Å². The summed E-state index contributed by atoms with van der Waals surface area (Å²) in [5.74, 6) is 1.06. The SMILES string of the molecule is CCN(CC)CCCn1c(CCN)nc2ccc(Cl)cc21. The van der Waals surface area contributed by atoms with Crippen molar-refractivity contribution in [3.63, 3.8) is 0 Å². The monoisotopic (exact) mass is 308 g/mol. The number of hydrogen-bond acceptors (Lipinski definition) is 3. The highest BCUT2D eigenvalue weighted by atomic mass is 35.5. The van der Waals surface area contributed by atoms with E-state index in [0.29, 0.717) is 6.54 Å². The van der Waals surface area contributed by atoms with Gasteiger partial charge in [-0.1, -0.05) is 25.4 Å². The van der Waals surface area contributed by atoms with Crippen LogP contribution in [0.15, 0.2) is 18.2 Å². The molecule has 0 aliphatic rings. The molecule has 0 bridgehead atoms. The lowest BCUT2D eigenvalue weighted by Gasteiger charge is -2.18. The van der Waals surface area contributed by atoms with Gasteiger partial charge in [-0.25, -0.2) is 4.98 Å². The van der Waals surface area contributed by atoms with Gasteiger partial charge in [0, 0.05) is 18.0 Å². The first-order valence-electron chi connectivity index (χ1n) is 7.76. The Morgan fingerprint density at radius 3 is 2.71 bits per heavy atom. The Bertz CT molecular complexity index is 575. The van der Waals surface area contributed by atoms with Crippen LogP contribution in [-0.2, 0) is 13.0 Å². The lowest BCUT2D eigenvalue weighted by molar-refractivity contribution is 0.293. The first-order valence-corrected chi connectivity index (χ1v) is 8.14. The number of rotatable bonds is 8. The van der Waals surface area contributed by atoms with Crippen molar-refractivity contribution < 1.29 is 0 Å². The topological polar surface area (TPSA) is 47.1 Å². The average Bonchev–Trinajstić information content (AvgIpc) is 2.81. The summed E-state index contributed by atoms with van der Waals surface area (Å²) in [7, 11) is 0. The normalized spacial score (nSPS) is 11.7. The van der Waals surface area contributed by atoms with Crippen molar-refractivity contribution in [1.82, 2.24) is 14.5 Å². The fourth-order valence-electron chi connectivity index (χ4n) is 2.71. The molecule has 5 heteroatoms. The van der Waals surface area contributed by atoms with Crippen LogP contribution in [0.2, 0.25) is 5.02 Å². The number of hydrogen-bond donors (Lipinski definition) is 1. The van der Waals surface area contributed by atoms with Gasteiger partial charge in [0.15, 0.2) is 0 Å². The molecule has 0 aliphatic heterocycles. The number of benzene rings is 1. The van der Waals surface area contributed by atoms with Crippen molar-refractivity contribution in [3.8, 4) is 0 Å². The molecule has 0 spiro atoms. The fraction of sp³-hybridized carbons (Fsp3) is 0.562. The van der Waals surface area contributed by atoms with Crippen molar-refractivity contribution in [3.05, 3.63) is 29.0 Å². The van der Waals surface area contributed by atoms with E-state index in [-0.39, 0.29) is 0 Å². The highest BCUT2D eigenvalue weighted by Crippen LogP contribution is 2.21. The van der Waals surface area contributed by atoms with Crippen LogP contribution in [0.3, 0.4) is 0 Å². The maximum atomic E-state index is 6.13. The first kappa shape index (κ1) is 16.3. The van der Waals surface area contributed by atoms with E-state index in [0.717, 1.165) is 60.9 Å². The molecule has 2 N–H and O–H groups in total. The van der Waals surface area contributed by atoms with Gasteiger partial charge in [0.05, 0.1) is 11.0 Å². The summed E-state index contributed by atoms with van der Waals surface area (Å²) in [6, 6.07) is 5.88. The minimum absolute atomic E-state index is 0.618. The molecule has 0 fully saturated rings. The summed E-state index contributed by atoms with van der Waals surface area (Å²) in [5, 5.41) is 0.756. The first-order chi connectivity index (χ1) is 10.2. The molecule has 2 aromatic rings. The third-order valence-electron chi connectivity index (χ3n) is 3.91. The fourth-order valence-corrected chi connectivity index (χ4v) is 2.87. The van der Waals surface area contributed by atoms with Crippen LogP contribution < -0.4 is 5.73 Å². The second kappa shape index (κ2) is 7.78. The van der Waals surface area contributed by atoms with Crippen LogP contribution in [0.25, 0.3) is 11.0 Å². The third kappa shape index (κ3) is 3.96. The van der Waals surface area contributed by atoms with Gasteiger partial charge in [-0.2, -0.15) is 0 Å². The summed E-state index contributed by atoms with van der Waals surface area (Å²) < 4.78 is 2.28. The van der Waals surface area contributed by atoms with Crippen molar-refractivity contribution in [2.75, 3.05) is 26.2 Å². The number of aryl methyl sites for hydroxylation is 1. The second-order valence-corrected chi connectivity index (χ2v) is 5.67. The summed E-state index contributed by atoms with van der Waals surface area (Å²) >= 11 is 6.13. The van der Waals surface area contributed by atoms with E-state index in [1.807, 2.05) is 18.2 Å². The molecule has 0 saturated carbocycles. The molecule has 21 heavy (non-hydrogen) atoms. The molecule has 0 amide bonds. The van der Waals surface area contributed by atoms with E-state index in [1.165, 1.54) is 0 Å². The summed E-state index contributed by atoms with van der Waals surface area (Å²) in [5.41, 5.74) is 7.83. The average molecular weight is 309 g/mol. The molecule has 2 rings (SSSR count). The zero-order valence-electron chi connectivity index (χ0n) is 13.0. The van der Waals surface area contributed by atoms with E-state index in [9.17, 15) is 0 Å². The van der Waals surface area contributed by atoms with Gasteiger partial charge < -0.3 is 15.2 Å². The van der Waals surface area contributed by atoms with Gasteiger partial charge in [-0.3, -0.25) is 0 Å². The molecular formula is C16H25ClN4. The van der Waals surface area contributed by atoms with Crippen LogP contribution >= 0.6 is 11.6 Å². The Morgan fingerprint density at radius 2 is 2.05 bits per heavy atom. The summed E-state index contributed by atoms with van der Waals surface area (Å²) in [4.78, 5) is 7.13. The molecule has 0 unspecified atom stereocenters. The predicted molar refractivity (Wildman–Crippen MR) is 89.9 cm³/mol. The Morgan fingerprint density at radius 1 is 1.29 bits per heavy atom. The number of aromatic nitrogens is 2. The zero-order valence-corrected chi connectivity index (χ0v) is 13.7. The molecular weight excluding hydrogens is 284 g/mol. The quantitative estimate of drug-likeness (QED) is 0.815. The van der Waals surface area contributed by atoms with Crippen molar-refractivity contribution in [2.45, 2.75) is 33.2 Å². The lowest BCUT2D eigenvalue weighted by Crippen LogP contribution is -2.25. The molecule has 0 radical (unpaired) electrons. The van der Waals surface area contributed by atoms with Gasteiger partial charge in [-0.05, 0) is 50.8 Å². The Hall–Kier alpha value is -1.10. The molecule has 1 heterocycles. The summed E-state index contributed by atoms with van der Waals surface area (Å²) in [6.45, 7) is 9.29. The molecule has 4 nitrogen and oxygen atoms in total. The second-order valence-electron chi connectivity index (χ2n) is 5.23. The Kier molecular flexibility index (Phi) is 6.03. The van der Waals surface area contributed by atoms with Gasteiger partial charge in [-0.15, -0.1) is 0 Å². The molecule has 0 aliphatic carbocycles. The summed E-state index contributed by atoms with van der Waals surface area (Å²) in [6.07, 6.45) is 1.91. The standard InChI is InChI=1S/C16H25ClN4/c1-3-20(4-2)10-5-11-21-15-12-13(17)6-7-14(15)19-16(21)8-9-18/h6-7,12H,3-5,8-11,18H2,1-2H3. The van der Waals surface area contributed by atoms with Crippen LogP contribution in [0.1, 0.15) is 26.1 Å². The van der Waals surface area contributed by atoms with Crippen molar-refractivity contribution in [2.24, 2.45) is 5.73 Å². The number of nitrogens with zero attached hydrogens (tertiary/aromatic N) is 3. The van der Waals surface area contributed by atoms with Crippen LogP contribution in [0, 0.1) is 0 Å². The van der Waals surface area contributed by atoms with Crippen molar-refractivity contribution in [1.29, 1.82) is 0 Å². The van der Waals surface area contributed by atoms with Gasteiger partial charge in [0.2, 0.25) is 0 Å². The van der Waals surface area contributed by atoms with E-state index in [1.54, 1.807) is 0 Å². The number of halogens is 1. The van der Waals surface area contributed by atoms with Gasteiger partial charge >= 0.3 is 0 Å². The van der Waals surface area contributed by atoms with E-state index in [2.05, 4.69) is 23.3 Å². The maximum absolute atomic E-state index is 6.13. The number of fused-ring (bicyclic) bond motifs is 1. The minimum Gasteiger partial charge on any atom is -0.330 e. The predicted octanol–water partition coefficient (Wildman–Crippen LogP) is 2.92. The van der Waals surface area contributed by atoms with Crippen LogP contribution in [-0.4, -0.2) is 40.6 Å². The molecule has 1 aromatic heterocycles. The third-order valence-corrected chi connectivity index (χ3v) is 4.14. The smallest absolute Gasteiger partial charge is 0.111 e. The highest BCUT2D eigenvalue weighted by Gasteiger charge is 2.11. The van der Waals surface area contributed by atoms with Crippen LogP contribution in [0.5, 0.6) is 0 Å². The van der Waals surface area contributed by atoms with E-state index < -0.39 is 0 Å². The van der Waals surface area contributed by atoms with Gasteiger partial charge in [0.25, 0.3) is 0 Å². The van der Waals surface area contributed by atoms with Gasteiger partial charge in [0.1, 0.15) is 5.82 Å².